The third kappa shape index (κ3) is 5.75. The number of hydrogen-bond donors (Lipinski definition) is 2. The van der Waals surface area contributed by atoms with E-state index in [0.29, 0.717) is 5.75 Å². The van der Waals surface area contributed by atoms with Gasteiger partial charge >= 0.3 is 0 Å². The van der Waals surface area contributed by atoms with Crippen molar-refractivity contribution in [3.05, 3.63) is 12.7 Å². The fourth-order valence-corrected chi connectivity index (χ4v) is 1.40. The Morgan fingerprint density at radius 1 is 1.67 bits per heavy atom. The number of amides is 2. The highest BCUT2D eigenvalue weighted by Crippen LogP contribution is 1.97. The van der Waals surface area contributed by atoms with Gasteiger partial charge in [0.2, 0.25) is 11.8 Å². The molecule has 0 aromatic carbocycles. The Morgan fingerprint density at radius 2 is 2.33 bits per heavy atom. The van der Waals surface area contributed by atoms with Crippen LogP contribution in [0.1, 0.15) is 0 Å². The van der Waals surface area contributed by atoms with Gasteiger partial charge in [-0.15, -0.1) is 0 Å². The van der Waals surface area contributed by atoms with E-state index in [9.17, 15) is 9.59 Å². The number of rotatable bonds is 6. The van der Waals surface area contributed by atoms with Gasteiger partial charge in [-0.05, 0) is 12.3 Å². The van der Waals surface area contributed by atoms with Gasteiger partial charge in [-0.3, -0.25) is 9.59 Å². The highest BCUT2D eigenvalue weighted by Gasteiger charge is 2.18. The van der Waals surface area contributed by atoms with E-state index < -0.39 is 11.9 Å². The van der Waals surface area contributed by atoms with E-state index >= 15 is 0 Å². The number of carbonyl (C=O) groups excluding carboxylic acids is 2. The fourth-order valence-electron chi connectivity index (χ4n) is 0.830. The average molecular weight is 227 g/mol. The Bertz CT molecular complexity index is 286. The van der Waals surface area contributed by atoms with Gasteiger partial charge in [0.05, 0.1) is 6.07 Å². The summed E-state index contributed by atoms with van der Waals surface area (Å²) in [6, 6.07) is 1.17. The molecule has 0 spiro atoms. The summed E-state index contributed by atoms with van der Waals surface area (Å²) in [7, 11) is 0. The highest BCUT2D eigenvalue weighted by atomic mass is 32.2. The lowest BCUT2D eigenvalue weighted by Crippen LogP contribution is -2.47. The zero-order valence-corrected chi connectivity index (χ0v) is 9.26. The first-order chi connectivity index (χ1) is 7.15. The van der Waals surface area contributed by atoms with Crippen LogP contribution in [0.4, 0.5) is 0 Å². The standard InChI is InChI=1S/C9H13N3O2S/c1-3-8(13)12-7(6-15-2)9(14)11-5-4-10/h3,7H,1,5-6H2,2H3,(H,11,14)(H,12,13). The summed E-state index contributed by atoms with van der Waals surface area (Å²) in [5.74, 6) is -0.307. The highest BCUT2D eigenvalue weighted by molar-refractivity contribution is 7.98. The molecule has 82 valence electrons. The van der Waals surface area contributed by atoms with Crippen LogP contribution in [0, 0.1) is 11.3 Å². The summed E-state index contributed by atoms with van der Waals surface area (Å²) in [6.07, 6.45) is 2.93. The molecule has 1 unspecified atom stereocenters. The molecule has 0 aliphatic carbocycles. The largest absolute Gasteiger partial charge is 0.341 e. The lowest BCUT2D eigenvalue weighted by molar-refractivity contribution is -0.126. The number of carbonyl (C=O) groups is 2. The Kier molecular flexibility index (Phi) is 7.10. The molecule has 0 saturated carbocycles. The molecule has 0 heterocycles. The SMILES string of the molecule is C=CC(=O)NC(CSC)C(=O)NCC#N. The quantitative estimate of drug-likeness (QED) is 0.480. The molecule has 15 heavy (non-hydrogen) atoms. The van der Waals surface area contributed by atoms with Crippen molar-refractivity contribution in [2.24, 2.45) is 0 Å². The summed E-state index contributed by atoms with van der Waals surface area (Å²) in [5, 5.41) is 13.1. The van der Waals surface area contributed by atoms with Gasteiger partial charge < -0.3 is 10.6 Å². The summed E-state index contributed by atoms with van der Waals surface area (Å²) in [6.45, 7) is 3.23. The fraction of sp³-hybridized carbons (Fsp3) is 0.444. The third-order valence-electron chi connectivity index (χ3n) is 1.49. The third-order valence-corrected chi connectivity index (χ3v) is 2.16. The monoisotopic (exact) mass is 227 g/mol. The Morgan fingerprint density at radius 3 is 2.80 bits per heavy atom. The maximum absolute atomic E-state index is 11.4. The van der Waals surface area contributed by atoms with Crippen LogP contribution >= 0.6 is 11.8 Å². The van der Waals surface area contributed by atoms with Crippen LogP contribution in [-0.2, 0) is 9.59 Å². The predicted molar refractivity (Wildman–Crippen MR) is 59.1 cm³/mol. The Labute approximate surface area is 92.9 Å². The first-order valence-corrected chi connectivity index (χ1v) is 5.61. The van der Waals surface area contributed by atoms with Crippen LogP contribution in [0.15, 0.2) is 12.7 Å². The molecule has 0 aliphatic rings. The molecule has 0 saturated heterocycles. The zero-order chi connectivity index (χ0) is 11.7. The van der Waals surface area contributed by atoms with E-state index in [1.54, 1.807) is 6.07 Å². The average Bonchev–Trinajstić information content (AvgIpc) is 2.24. The number of hydrogen-bond acceptors (Lipinski definition) is 4. The van der Waals surface area contributed by atoms with Gasteiger partial charge in [0.25, 0.3) is 0 Å². The zero-order valence-electron chi connectivity index (χ0n) is 8.45. The van der Waals surface area contributed by atoms with Crippen molar-refractivity contribution in [1.82, 2.24) is 10.6 Å². The maximum atomic E-state index is 11.4. The summed E-state index contributed by atoms with van der Waals surface area (Å²) < 4.78 is 0. The van der Waals surface area contributed by atoms with Crippen LogP contribution in [-0.4, -0.2) is 36.4 Å². The first kappa shape index (κ1) is 13.5. The minimum absolute atomic E-state index is 0.0618. The van der Waals surface area contributed by atoms with Gasteiger partial charge in [0.1, 0.15) is 12.6 Å². The molecule has 0 rings (SSSR count). The molecule has 0 bridgehead atoms. The molecular formula is C9H13N3O2S. The molecular weight excluding hydrogens is 214 g/mol. The molecule has 0 aromatic rings. The van der Waals surface area contributed by atoms with Crippen molar-refractivity contribution < 1.29 is 9.59 Å². The lowest BCUT2D eigenvalue weighted by Gasteiger charge is -2.15. The van der Waals surface area contributed by atoms with Crippen molar-refractivity contribution in [3.8, 4) is 6.07 Å². The van der Waals surface area contributed by atoms with Crippen molar-refractivity contribution in [2.75, 3.05) is 18.6 Å². The van der Waals surface area contributed by atoms with E-state index in [4.69, 9.17) is 5.26 Å². The normalized spacial score (nSPS) is 10.9. The van der Waals surface area contributed by atoms with Crippen molar-refractivity contribution >= 4 is 23.6 Å². The minimum atomic E-state index is -0.626. The van der Waals surface area contributed by atoms with Crippen LogP contribution in [0.5, 0.6) is 0 Å². The number of nitrogens with zero attached hydrogens (tertiary/aromatic N) is 1. The van der Waals surface area contributed by atoms with Crippen LogP contribution < -0.4 is 10.6 Å². The Balaban J connectivity index is 4.24. The maximum Gasteiger partial charge on any atom is 0.244 e. The summed E-state index contributed by atoms with van der Waals surface area (Å²) in [4.78, 5) is 22.4. The van der Waals surface area contributed by atoms with Crippen molar-refractivity contribution in [1.29, 1.82) is 5.26 Å². The second kappa shape index (κ2) is 7.88. The van der Waals surface area contributed by atoms with E-state index in [0.717, 1.165) is 6.08 Å². The van der Waals surface area contributed by atoms with Gasteiger partial charge in [-0.25, -0.2) is 0 Å². The molecule has 0 fully saturated rings. The lowest BCUT2D eigenvalue weighted by atomic mass is 10.3. The minimum Gasteiger partial charge on any atom is -0.341 e. The number of nitrogens with one attached hydrogen (secondary N) is 2. The molecule has 2 amide bonds. The molecule has 1 atom stereocenters. The topological polar surface area (TPSA) is 82.0 Å². The van der Waals surface area contributed by atoms with Crippen LogP contribution in [0.25, 0.3) is 0 Å². The van der Waals surface area contributed by atoms with Crippen LogP contribution in [0.2, 0.25) is 0 Å². The van der Waals surface area contributed by atoms with Gasteiger partial charge in [-0.2, -0.15) is 17.0 Å². The Hall–Kier alpha value is -1.48. The second-order valence-electron chi connectivity index (χ2n) is 2.60. The summed E-state index contributed by atoms with van der Waals surface area (Å²) in [5.41, 5.74) is 0. The molecule has 2 N–H and O–H groups in total. The van der Waals surface area contributed by atoms with E-state index in [1.807, 2.05) is 6.26 Å². The predicted octanol–water partition coefficient (Wildman–Crippen LogP) is -0.340. The first-order valence-electron chi connectivity index (χ1n) is 4.22. The second-order valence-corrected chi connectivity index (χ2v) is 3.51. The van der Waals surface area contributed by atoms with E-state index in [-0.39, 0.29) is 12.5 Å². The van der Waals surface area contributed by atoms with Crippen molar-refractivity contribution in [3.63, 3.8) is 0 Å². The smallest absolute Gasteiger partial charge is 0.244 e. The summed E-state index contributed by atoms with van der Waals surface area (Å²) >= 11 is 1.43. The van der Waals surface area contributed by atoms with Gasteiger partial charge in [-0.1, -0.05) is 6.58 Å². The molecule has 6 heteroatoms. The number of thioether (sulfide) groups is 1. The molecule has 0 aromatic heterocycles. The van der Waals surface area contributed by atoms with Gasteiger partial charge in [0.15, 0.2) is 0 Å². The van der Waals surface area contributed by atoms with Gasteiger partial charge in [0, 0.05) is 5.75 Å². The molecule has 0 radical (unpaired) electrons. The van der Waals surface area contributed by atoms with E-state index in [2.05, 4.69) is 17.2 Å². The molecule has 5 nitrogen and oxygen atoms in total. The number of nitriles is 1. The van der Waals surface area contributed by atoms with E-state index in [1.165, 1.54) is 11.8 Å². The molecule has 0 aliphatic heterocycles. The van der Waals surface area contributed by atoms with Crippen molar-refractivity contribution in [2.45, 2.75) is 6.04 Å². The van der Waals surface area contributed by atoms with Crippen LogP contribution in [0.3, 0.4) is 0 Å².